The van der Waals surface area contributed by atoms with Gasteiger partial charge in [-0.25, -0.2) is 0 Å². The average Bonchev–Trinajstić information content (AvgIpc) is 3.03. The Morgan fingerprint density at radius 3 is 2.69 bits per heavy atom. The number of aliphatic hydroxyl groups excluding tert-OH is 1. The Morgan fingerprint density at radius 2 is 2.04 bits per heavy atom. The van der Waals surface area contributed by atoms with Crippen molar-refractivity contribution in [2.24, 2.45) is 5.41 Å². The highest BCUT2D eigenvalue weighted by Crippen LogP contribution is 2.28. The lowest BCUT2D eigenvalue weighted by Crippen LogP contribution is -2.35. The third-order valence-electron chi connectivity index (χ3n) is 3.87. The van der Waals surface area contributed by atoms with Crippen LogP contribution in [-0.4, -0.2) is 41.4 Å². The van der Waals surface area contributed by atoms with Gasteiger partial charge in [0, 0.05) is 29.7 Å². The summed E-state index contributed by atoms with van der Waals surface area (Å²) in [5, 5.41) is 14.2. The topological polar surface area (TPSA) is 83.6 Å². The molecule has 0 radical (unpaired) electrons. The van der Waals surface area contributed by atoms with Crippen LogP contribution in [0.4, 0.5) is 0 Å². The van der Waals surface area contributed by atoms with Gasteiger partial charge in [0.15, 0.2) is 0 Å². The number of H-pyrrole nitrogens is 1. The first kappa shape index (κ1) is 20.3. The SMILES string of the molecule is CC(C)NCC(O)COc1cc(COC(=O)C(C)(C)C)cc2[nH]ccc12. The van der Waals surface area contributed by atoms with Crippen molar-refractivity contribution in [3.05, 3.63) is 30.0 Å². The zero-order valence-corrected chi connectivity index (χ0v) is 16.3. The van der Waals surface area contributed by atoms with E-state index >= 15 is 0 Å². The van der Waals surface area contributed by atoms with Crippen LogP contribution in [0.25, 0.3) is 10.9 Å². The number of esters is 1. The quantitative estimate of drug-likeness (QED) is 0.629. The predicted molar refractivity (Wildman–Crippen MR) is 102 cm³/mol. The molecule has 0 spiro atoms. The highest BCUT2D eigenvalue weighted by atomic mass is 16.5. The van der Waals surface area contributed by atoms with Gasteiger partial charge in [-0.15, -0.1) is 0 Å². The molecule has 2 rings (SSSR count). The van der Waals surface area contributed by atoms with E-state index in [9.17, 15) is 9.90 Å². The Labute approximate surface area is 154 Å². The zero-order valence-electron chi connectivity index (χ0n) is 16.3. The molecule has 26 heavy (non-hydrogen) atoms. The number of hydrogen-bond acceptors (Lipinski definition) is 5. The number of hydrogen-bond donors (Lipinski definition) is 3. The lowest BCUT2D eigenvalue weighted by Gasteiger charge is -2.18. The van der Waals surface area contributed by atoms with Gasteiger partial charge in [-0.05, 0) is 44.5 Å². The smallest absolute Gasteiger partial charge is 0.311 e. The molecule has 0 amide bonds. The van der Waals surface area contributed by atoms with Crippen molar-refractivity contribution in [2.75, 3.05) is 13.2 Å². The fourth-order valence-corrected chi connectivity index (χ4v) is 2.37. The predicted octanol–water partition coefficient (Wildman–Crippen LogP) is 2.99. The summed E-state index contributed by atoms with van der Waals surface area (Å²) in [4.78, 5) is 15.1. The van der Waals surface area contributed by atoms with Crippen LogP contribution in [0.15, 0.2) is 24.4 Å². The number of aromatic amines is 1. The van der Waals surface area contributed by atoms with E-state index in [4.69, 9.17) is 9.47 Å². The number of fused-ring (bicyclic) bond motifs is 1. The van der Waals surface area contributed by atoms with Crippen molar-refractivity contribution < 1.29 is 19.4 Å². The standard InChI is InChI=1S/C20H30N2O4/c1-13(2)22-10-15(23)12-25-18-9-14(8-17-16(18)6-7-21-17)11-26-19(24)20(3,4)5/h6-9,13,15,21-23H,10-12H2,1-5H3. The molecule has 1 aromatic heterocycles. The summed E-state index contributed by atoms with van der Waals surface area (Å²) >= 11 is 0. The molecular formula is C20H30N2O4. The molecule has 3 N–H and O–H groups in total. The maximum Gasteiger partial charge on any atom is 0.311 e. The second kappa shape index (κ2) is 8.56. The maximum atomic E-state index is 12.0. The summed E-state index contributed by atoms with van der Waals surface area (Å²) in [6.45, 7) is 10.4. The van der Waals surface area contributed by atoms with Gasteiger partial charge in [0.25, 0.3) is 0 Å². The first-order valence-electron chi connectivity index (χ1n) is 8.98. The van der Waals surface area contributed by atoms with Crippen LogP contribution >= 0.6 is 0 Å². The Balaban J connectivity index is 2.06. The molecule has 0 aliphatic heterocycles. The van der Waals surface area contributed by atoms with Gasteiger partial charge in [0.2, 0.25) is 0 Å². The third-order valence-corrected chi connectivity index (χ3v) is 3.87. The number of aromatic nitrogens is 1. The molecule has 1 atom stereocenters. The second-order valence-corrected chi connectivity index (χ2v) is 7.89. The summed E-state index contributed by atoms with van der Waals surface area (Å²) in [7, 11) is 0. The molecule has 1 heterocycles. The van der Waals surface area contributed by atoms with Gasteiger partial charge in [-0.1, -0.05) is 13.8 Å². The largest absolute Gasteiger partial charge is 0.490 e. The summed E-state index contributed by atoms with van der Waals surface area (Å²) < 4.78 is 11.2. The van der Waals surface area contributed by atoms with Crippen LogP contribution in [0.3, 0.4) is 0 Å². The highest BCUT2D eigenvalue weighted by Gasteiger charge is 2.23. The number of ether oxygens (including phenoxy) is 2. The van der Waals surface area contributed by atoms with E-state index in [0.717, 1.165) is 16.5 Å². The van der Waals surface area contributed by atoms with E-state index in [2.05, 4.69) is 10.3 Å². The Morgan fingerprint density at radius 1 is 1.31 bits per heavy atom. The van der Waals surface area contributed by atoms with Crippen molar-refractivity contribution in [1.82, 2.24) is 10.3 Å². The highest BCUT2D eigenvalue weighted by molar-refractivity contribution is 5.86. The lowest BCUT2D eigenvalue weighted by molar-refractivity contribution is -0.154. The number of benzene rings is 1. The van der Waals surface area contributed by atoms with Crippen molar-refractivity contribution >= 4 is 16.9 Å². The van der Waals surface area contributed by atoms with E-state index in [-0.39, 0.29) is 19.2 Å². The van der Waals surface area contributed by atoms with Crippen molar-refractivity contribution in [3.63, 3.8) is 0 Å². The van der Waals surface area contributed by atoms with Crippen LogP contribution in [0.5, 0.6) is 5.75 Å². The third kappa shape index (κ3) is 5.75. The summed E-state index contributed by atoms with van der Waals surface area (Å²) in [6.07, 6.45) is 1.23. The molecule has 0 bridgehead atoms. The van der Waals surface area contributed by atoms with Crippen LogP contribution in [-0.2, 0) is 16.1 Å². The van der Waals surface area contributed by atoms with E-state index < -0.39 is 11.5 Å². The first-order chi connectivity index (χ1) is 12.2. The molecule has 0 aliphatic carbocycles. The molecular weight excluding hydrogens is 332 g/mol. The Kier molecular flexibility index (Phi) is 6.67. The van der Waals surface area contributed by atoms with Gasteiger partial charge in [0.1, 0.15) is 25.1 Å². The lowest BCUT2D eigenvalue weighted by atomic mass is 9.97. The van der Waals surface area contributed by atoms with Crippen molar-refractivity contribution in [3.8, 4) is 5.75 Å². The summed E-state index contributed by atoms with van der Waals surface area (Å²) in [6, 6.07) is 6.03. The number of rotatable bonds is 8. The van der Waals surface area contributed by atoms with Crippen LogP contribution in [0.2, 0.25) is 0 Å². The van der Waals surface area contributed by atoms with Crippen LogP contribution in [0, 0.1) is 5.41 Å². The van der Waals surface area contributed by atoms with Crippen LogP contribution < -0.4 is 10.1 Å². The molecule has 2 aromatic rings. The van der Waals surface area contributed by atoms with Gasteiger partial charge in [0.05, 0.1) is 5.41 Å². The van der Waals surface area contributed by atoms with Gasteiger partial charge in [-0.3, -0.25) is 4.79 Å². The molecule has 0 aliphatic rings. The van der Waals surface area contributed by atoms with Gasteiger partial charge >= 0.3 is 5.97 Å². The molecule has 0 fully saturated rings. The number of nitrogens with one attached hydrogen (secondary N) is 2. The van der Waals surface area contributed by atoms with E-state index in [1.54, 1.807) is 0 Å². The molecule has 0 saturated heterocycles. The van der Waals surface area contributed by atoms with E-state index in [1.807, 2.05) is 59.0 Å². The Hall–Kier alpha value is -2.05. The molecule has 1 aromatic carbocycles. The fourth-order valence-electron chi connectivity index (χ4n) is 2.37. The molecule has 6 nitrogen and oxygen atoms in total. The second-order valence-electron chi connectivity index (χ2n) is 7.89. The molecule has 0 saturated carbocycles. The maximum absolute atomic E-state index is 12.0. The van der Waals surface area contributed by atoms with Gasteiger partial charge < -0.3 is 24.9 Å². The monoisotopic (exact) mass is 362 g/mol. The molecule has 1 unspecified atom stereocenters. The minimum absolute atomic E-state index is 0.179. The van der Waals surface area contributed by atoms with E-state index in [0.29, 0.717) is 18.3 Å². The zero-order chi connectivity index (χ0) is 19.3. The van der Waals surface area contributed by atoms with Gasteiger partial charge in [-0.2, -0.15) is 0 Å². The molecule has 6 heteroatoms. The van der Waals surface area contributed by atoms with Crippen molar-refractivity contribution in [2.45, 2.75) is 53.4 Å². The summed E-state index contributed by atoms with van der Waals surface area (Å²) in [5.41, 5.74) is 1.20. The molecule has 144 valence electrons. The van der Waals surface area contributed by atoms with E-state index in [1.165, 1.54) is 0 Å². The normalized spacial score (nSPS) is 13.2. The first-order valence-corrected chi connectivity index (χ1v) is 8.98. The minimum atomic E-state index is -0.603. The van der Waals surface area contributed by atoms with Crippen molar-refractivity contribution in [1.29, 1.82) is 0 Å². The number of aliphatic hydroxyl groups is 1. The number of carbonyl (C=O) groups excluding carboxylic acids is 1. The van der Waals surface area contributed by atoms with Crippen LogP contribution in [0.1, 0.15) is 40.2 Å². The average molecular weight is 362 g/mol. The Bertz CT molecular complexity index is 731. The summed E-state index contributed by atoms with van der Waals surface area (Å²) in [5.74, 6) is 0.413. The fraction of sp³-hybridized carbons (Fsp3) is 0.550. The number of carbonyl (C=O) groups is 1. The minimum Gasteiger partial charge on any atom is -0.490 e.